The van der Waals surface area contributed by atoms with Gasteiger partial charge in [0.05, 0.1) is 6.04 Å². The predicted octanol–water partition coefficient (Wildman–Crippen LogP) is 3.23. The summed E-state index contributed by atoms with van der Waals surface area (Å²) >= 11 is 2.44. The molecule has 0 saturated carbocycles. The summed E-state index contributed by atoms with van der Waals surface area (Å²) in [5, 5.41) is 2.37. The van der Waals surface area contributed by atoms with Gasteiger partial charge in [-0.05, 0) is 43.9 Å². The van der Waals surface area contributed by atoms with E-state index < -0.39 is 0 Å². The second-order valence-electron chi connectivity index (χ2n) is 4.32. The summed E-state index contributed by atoms with van der Waals surface area (Å²) in [7, 11) is 0. The average Bonchev–Trinajstić information content (AvgIpc) is 2.17. The molecule has 0 bridgehead atoms. The topological polar surface area (TPSA) is 16.6 Å². The Morgan fingerprint density at radius 2 is 1.80 bits per heavy atom. The van der Waals surface area contributed by atoms with Gasteiger partial charge >= 0.3 is 0 Å². The number of quaternary nitrogens is 1. The lowest BCUT2D eigenvalue weighted by Crippen LogP contribution is -2.83. The molecule has 0 saturated heterocycles. The largest absolute Gasteiger partial charge is 0.312 e. The standard InChI is InChI=1S/C13H20IN/c1-5-11(4)15-12-6-9(2)13(8-14)10(3)7-12/h6-7,11,15H,5,8H2,1-4H3/p+1. The molecule has 1 atom stereocenters. The molecule has 0 aromatic heterocycles. The van der Waals surface area contributed by atoms with Crippen molar-refractivity contribution in [2.24, 2.45) is 0 Å². The molecule has 0 aliphatic rings. The molecular weight excluding hydrogens is 297 g/mol. The highest BCUT2D eigenvalue weighted by Crippen LogP contribution is 2.20. The van der Waals surface area contributed by atoms with E-state index in [1.165, 1.54) is 28.8 Å². The molecule has 0 aliphatic carbocycles. The second-order valence-corrected chi connectivity index (χ2v) is 5.08. The maximum atomic E-state index is 2.44. The Kier molecular flexibility index (Phi) is 5.06. The molecule has 2 heteroatoms. The van der Waals surface area contributed by atoms with E-state index in [-0.39, 0.29) is 0 Å². The molecule has 1 aromatic rings. The van der Waals surface area contributed by atoms with Gasteiger partial charge in [0.2, 0.25) is 0 Å². The summed E-state index contributed by atoms with van der Waals surface area (Å²) in [5.41, 5.74) is 5.74. The van der Waals surface area contributed by atoms with Crippen molar-refractivity contribution in [1.29, 1.82) is 0 Å². The number of nitrogens with two attached hydrogens (primary N) is 1. The zero-order valence-electron chi connectivity index (χ0n) is 10.1. The van der Waals surface area contributed by atoms with Crippen molar-refractivity contribution < 1.29 is 5.32 Å². The Labute approximate surface area is 107 Å². The van der Waals surface area contributed by atoms with E-state index in [1.807, 2.05) is 0 Å². The normalized spacial score (nSPS) is 12.9. The van der Waals surface area contributed by atoms with Gasteiger partial charge in [-0.3, -0.25) is 0 Å². The van der Waals surface area contributed by atoms with Gasteiger partial charge in [0, 0.05) is 16.6 Å². The summed E-state index contributed by atoms with van der Waals surface area (Å²) in [6.45, 7) is 8.95. The Bertz CT molecular complexity index is 310. The second kappa shape index (κ2) is 5.85. The van der Waals surface area contributed by atoms with Gasteiger partial charge in [-0.2, -0.15) is 0 Å². The van der Waals surface area contributed by atoms with Crippen molar-refractivity contribution in [3.8, 4) is 0 Å². The SMILES string of the molecule is CCC(C)[NH2+]c1cc(C)c(CI)c(C)c1. The molecule has 0 heterocycles. The fourth-order valence-electron chi connectivity index (χ4n) is 1.78. The lowest BCUT2D eigenvalue weighted by molar-refractivity contribution is -0.607. The fraction of sp³-hybridized carbons (Fsp3) is 0.538. The molecule has 1 nitrogen and oxygen atoms in total. The van der Waals surface area contributed by atoms with Crippen LogP contribution in [0.3, 0.4) is 0 Å². The maximum Gasteiger partial charge on any atom is 0.130 e. The van der Waals surface area contributed by atoms with Gasteiger partial charge in [-0.15, -0.1) is 0 Å². The van der Waals surface area contributed by atoms with Crippen LogP contribution in [0.4, 0.5) is 5.69 Å². The highest BCUT2D eigenvalue weighted by molar-refractivity contribution is 14.1. The molecule has 15 heavy (non-hydrogen) atoms. The number of hydrogen-bond donors (Lipinski definition) is 1. The molecule has 1 rings (SSSR count). The molecule has 0 fully saturated rings. The fourth-order valence-corrected chi connectivity index (χ4v) is 2.98. The van der Waals surface area contributed by atoms with E-state index in [9.17, 15) is 0 Å². The van der Waals surface area contributed by atoms with E-state index in [1.54, 1.807) is 0 Å². The van der Waals surface area contributed by atoms with E-state index in [4.69, 9.17) is 0 Å². The molecule has 1 aromatic carbocycles. The highest BCUT2D eigenvalue weighted by Gasteiger charge is 2.08. The Balaban J connectivity index is 2.93. The van der Waals surface area contributed by atoms with Crippen molar-refractivity contribution in [2.75, 3.05) is 0 Å². The first-order valence-electron chi connectivity index (χ1n) is 5.59. The van der Waals surface area contributed by atoms with Crippen LogP contribution in [-0.4, -0.2) is 6.04 Å². The van der Waals surface area contributed by atoms with E-state index in [2.05, 4.69) is 67.7 Å². The third kappa shape index (κ3) is 3.45. The summed E-state index contributed by atoms with van der Waals surface area (Å²) in [6.07, 6.45) is 1.21. The number of halogens is 1. The summed E-state index contributed by atoms with van der Waals surface area (Å²) < 4.78 is 1.11. The summed E-state index contributed by atoms with van der Waals surface area (Å²) in [6, 6.07) is 5.30. The van der Waals surface area contributed by atoms with E-state index in [0.29, 0.717) is 6.04 Å². The van der Waals surface area contributed by atoms with Gasteiger partial charge in [0.1, 0.15) is 5.69 Å². The van der Waals surface area contributed by atoms with Crippen LogP contribution in [0.2, 0.25) is 0 Å². The van der Waals surface area contributed by atoms with Crippen LogP contribution in [0.25, 0.3) is 0 Å². The van der Waals surface area contributed by atoms with Gasteiger partial charge in [0.25, 0.3) is 0 Å². The van der Waals surface area contributed by atoms with Crippen molar-refractivity contribution in [3.05, 3.63) is 28.8 Å². The first kappa shape index (κ1) is 13.0. The monoisotopic (exact) mass is 318 g/mol. The van der Waals surface area contributed by atoms with E-state index >= 15 is 0 Å². The van der Waals surface area contributed by atoms with Gasteiger partial charge in [0.15, 0.2) is 0 Å². The van der Waals surface area contributed by atoms with Crippen molar-refractivity contribution in [3.63, 3.8) is 0 Å². The Morgan fingerprint density at radius 3 is 2.20 bits per heavy atom. The molecule has 0 amide bonds. The molecular formula is C13H21IN+. The molecule has 0 radical (unpaired) electrons. The number of alkyl halides is 1. The van der Waals surface area contributed by atoms with Crippen LogP contribution in [0.1, 0.15) is 37.0 Å². The van der Waals surface area contributed by atoms with Crippen LogP contribution in [0, 0.1) is 13.8 Å². The van der Waals surface area contributed by atoms with Gasteiger partial charge < -0.3 is 5.32 Å². The summed E-state index contributed by atoms with van der Waals surface area (Å²) in [4.78, 5) is 0. The lowest BCUT2D eigenvalue weighted by atomic mass is 10.0. The molecule has 1 unspecified atom stereocenters. The molecule has 84 valence electrons. The van der Waals surface area contributed by atoms with Crippen molar-refractivity contribution in [1.82, 2.24) is 0 Å². The zero-order valence-corrected chi connectivity index (χ0v) is 12.3. The van der Waals surface area contributed by atoms with Crippen LogP contribution in [0.15, 0.2) is 12.1 Å². The number of aryl methyl sites for hydroxylation is 2. The van der Waals surface area contributed by atoms with Crippen molar-refractivity contribution >= 4 is 28.3 Å². The molecule has 0 aliphatic heterocycles. The molecule has 0 spiro atoms. The predicted molar refractivity (Wildman–Crippen MR) is 75.0 cm³/mol. The average molecular weight is 318 g/mol. The quantitative estimate of drug-likeness (QED) is 0.499. The molecule has 2 N–H and O–H groups in total. The van der Waals surface area contributed by atoms with Crippen LogP contribution < -0.4 is 5.32 Å². The Morgan fingerprint density at radius 1 is 1.27 bits per heavy atom. The minimum absolute atomic E-state index is 0.675. The first-order chi connectivity index (χ1) is 7.08. The van der Waals surface area contributed by atoms with Crippen LogP contribution in [-0.2, 0) is 4.43 Å². The van der Waals surface area contributed by atoms with Crippen LogP contribution in [0.5, 0.6) is 0 Å². The summed E-state index contributed by atoms with van der Waals surface area (Å²) in [5.74, 6) is 0. The third-order valence-electron chi connectivity index (χ3n) is 2.97. The maximum absolute atomic E-state index is 2.44. The van der Waals surface area contributed by atoms with Crippen molar-refractivity contribution in [2.45, 2.75) is 44.6 Å². The lowest BCUT2D eigenvalue weighted by Gasteiger charge is -2.12. The first-order valence-corrected chi connectivity index (χ1v) is 7.12. The zero-order chi connectivity index (χ0) is 11.4. The number of hydrogen-bond acceptors (Lipinski definition) is 0. The van der Waals surface area contributed by atoms with Crippen LogP contribution >= 0.6 is 22.6 Å². The number of rotatable bonds is 4. The Hall–Kier alpha value is -0.0900. The highest BCUT2D eigenvalue weighted by atomic mass is 127. The third-order valence-corrected chi connectivity index (χ3v) is 3.74. The smallest absolute Gasteiger partial charge is 0.130 e. The van der Waals surface area contributed by atoms with Gasteiger partial charge in [-0.1, -0.05) is 29.5 Å². The van der Waals surface area contributed by atoms with E-state index in [0.717, 1.165) is 4.43 Å². The minimum Gasteiger partial charge on any atom is -0.312 e. The minimum atomic E-state index is 0.675. The van der Waals surface area contributed by atoms with Gasteiger partial charge in [-0.25, -0.2) is 0 Å². The number of benzene rings is 1.